The Bertz CT molecular complexity index is 1260. The van der Waals surface area contributed by atoms with Crippen molar-refractivity contribution in [2.45, 2.75) is 18.9 Å². The first kappa shape index (κ1) is 23.7. The highest BCUT2D eigenvalue weighted by Gasteiger charge is 2.24. The van der Waals surface area contributed by atoms with Crippen molar-refractivity contribution in [3.63, 3.8) is 0 Å². The number of morpholine rings is 1. The molecule has 0 radical (unpaired) electrons. The molecule has 0 aromatic carbocycles. The predicted octanol–water partition coefficient (Wildman–Crippen LogP) is 0.0907. The number of rotatable bonds is 7. The molecule has 0 spiro atoms. The fraction of sp³-hybridized carbons (Fsp3) is 0.478. The number of hydrogen-bond donors (Lipinski definition) is 2. The second kappa shape index (κ2) is 10.3. The van der Waals surface area contributed by atoms with Gasteiger partial charge in [0.1, 0.15) is 6.33 Å². The van der Waals surface area contributed by atoms with Crippen LogP contribution in [-0.2, 0) is 21.4 Å². The number of aryl methyl sites for hydroxylation is 1. The van der Waals surface area contributed by atoms with Crippen molar-refractivity contribution in [1.29, 1.82) is 0 Å². The second-order valence-corrected chi connectivity index (χ2v) is 8.88. The van der Waals surface area contributed by atoms with Crippen molar-refractivity contribution in [1.82, 2.24) is 39.5 Å². The summed E-state index contributed by atoms with van der Waals surface area (Å²) >= 11 is 0. The Morgan fingerprint density at radius 1 is 1.25 bits per heavy atom. The predicted molar refractivity (Wildman–Crippen MR) is 133 cm³/mol. The van der Waals surface area contributed by atoms with Crippen LogP contribution in [0.5, 0.6) is 0 Å². The van der Waals surface area contributed by atoms with Gasteiger partial charge in [-0.25, -0.2) is 4.98 Å². The molecule has 2 amide bonds. The number of piperidine rings is 1. The number of carbonyl (C=O) groups is 2. The van der Waals surface area contributed by atoms with Crippen LogP contribution in [0.4, 0.5) is 11.8 Å². The third-order valence-electron chi connectivity index (χ3n) is 6.34. The second-order valence-electron chi connectivity index (χ2n) is 8.88. The zero-order chi connectivity index (χ0) is 25.1. The zero-order valence-corrected chi connectivity index (χ0v) is 20.3. The Labute approximate surface area is 208 Å². The Morgan fingerprint density at radius 2 is 2.08 bits per heavy atom. The summed E-state index contributed by atoms with van der Waals surface area (Å²) in [5, 5.41) is 10.4. The highest BCUT2D eigenvalue weighted by molar-refractivity contribution is 5.89. The van der Waals surface area contributed by atoms with Crippen molar-refractivity contribution >= 4 is 34.7 Å². The number of anilines is 2. The Balaban J connectivity index is 1.35. The molecule has 2 N–H and O–H groups in total. The molecule has 2 saturated heterocycles. The minimum Gasteiger partial charge on any atom is -0.378 e. The summed E-state index contributed by atoms with van der Waals surface area (Å²) in [6.07, 6.45) is 8.26. The lowest BCUT2D eigenvalue weighted by atomic mass is 10.1. The molecule has 5 heterocycles. The van der Waals surface area contributed by atoms with E-state index < -0.39 is 0 Å². The molecule has 3 aromatic rings. The number of fused-ring (bicyclic) bond motifs is 1. The molecule has 0 saturated carbocycles. The maximum Gasteiger partial charge on any atom is 0.246 e. The van der Waals surface area contributed by atoms with E-state index in [4.69, 9.17) is 14.7 Å². The van der Waals surface area contributed by atoms with E-state index in [0.717, 1.165) is 18.5 Å². The molecule has 2 fully saturated rings. The van der Waals surface area contributed by atoms with Crippen LogP contribution in [0.2, 0.25) is 0 Å². The topological polar surface area (TPSA) is 135 Å². The van der Waals surface area contributed by atoms with E-state index in [1.807, 2.05) is 17.8 Å². The van der Waals surface area contributed by atoms with E-state index in [-0.39, 0.29) is 24.4 Å². The van der Waals surface area contributed by atoms with Crippen LogP contribution in [0.25, 0.3) is 16.9 Å². The van der Waals surface area contributed by atoms with Gasteiger partial charge in [0.25, 0.3) is 0 Å². The van der Waals surface area contributed by atoms with E-state index in [9.17, 15) is 9.59 Å². The molecule has 190 valence electrons. The van der Waals surface area contributed by atoms with E-state index in [1.54, 1.807) is 22.1 Å². The quantitative estimate of drug-likeness (QED) is 0.438. The van der Waals surface area contributed by atoms with Crippen LogP contribution in [0, 0.1) is 0 Å². The summed E-state index contributed by atoms with van der Waals surface area (Å²) in [4.78, 5) is 42.5. The molecule has 0 unspecified atom stereocenters. The van der Waals surface area contributed by atoms with E-state index >= 15 is 0 Å². The largest absolute Gasteiger partial charge is 0.378 e. The Hall–Kier alpha value is -4.00. The number of likely N-dealkylation sites (tertiary alicyclic amines) is 1. The standard InChI is InChI=1S/C23H30N10O3/c1-3-19(35)32-6-4-5-16(13-32)27-18(34)12-24-21-20-22(29-23(28-21)31-7-9-36-10-8-31)33(15-25-20)17-11-26-30(2)14-17/h3,11,14-16H,1,4-10,12-13H2,2H3,(H,27,34)(H,24,28,29)/t16-/m0/s1. The van der Waals surface area contributed by atoms with Gasteiger partial charge in [0.2, 0.25) is 17.8 Å². The van der Waals surface area contributed by atoms with Crippen LogP contribution in [0.1, 0.15) is 12.8 Å². The molecule has 13 heteroatoms. The van der Waals surface area contributed by atoms with Crippen molar-refractivity contribution in [2.24, 2.45) is 7.05 Å². The number of hydrogen-bond acceptors (Lipinski definition) is 9. The normalized spacial score (nSPS) is 18.3. The van der Waals surface area contributed by atoms with Crippen LogP contribution in [-0.4, -0.2) is 98.0 Å². The molecular formula is C23H30N10O3. The van der Waals surface area contributed by atoms with Crippen molar-refractivity contribution < 1.29 is 14.3 Å². The molecule has 0 aliphatic carbocycles. The molecule has 2 aliphatic rings. The summed E-state index contributed by atoms with van der Waals surface area (Å²) in [6.45, 7) is 7.27. The highest BCUT2D eigenvalue weighted by Crippen LogP contribution is 2.25. The zero-order valence-electron chi connectivity index (χ0n) is 20.3. The number of carbonyl (C=O) groups excluding carboxylic acids is 2. The van der Waals surface area contributed by atoms with E-state index in [1.165, 1.54) is 6.08 Å². The van der Waals surface area contributed by atoms with Crippen LogP contribution in [0.15, 0.2) is 31.4 Å². The van der Waals surface area contributed by atoms with Crippen molar-refractivity contribution in [2.75, 3.05) is 56.2 Å². The minimum atomic E-state index is -0.181. The smallest absolute Gasteiger partial charge is 0.246 e. The molecule has 5 rings (SSSR count). The van der Waals surface area contributed by atoms with Gasteiger partial charge in [0.15, 0.2) is 17.0 Å². The van der Waals surface area contributed by atoms with E-state index in [0.29, 0.717) is 62.3 Å². The first-order valence-electron chi connectivity index (χ1n) is 12.0. The SMILES string of the molecule is C=CC(=O)N1CCC[C@H](NC(=O)CNc2nc(N3CCOCC3)nc3c2ncn3-c2cnn(C)c2)C1. The maximum absolute atomic E-state index is 12.8. The van der Waals surface area contributed by atoms with Gasteiger partial charge in [-0.3, -0.25) is 18.8 Å². The fourth-order valence-corrected chi connectivity index (χ4v) is 4.51. The van der Waals surface area contributed by atoms with Gasteiger partial charge in [-0.15, -0.1) is 0 Å². The van der Waals surface area contributed by atoms with Crippen molar-refractivity contribution in [3.8, 4) is 5.69 Å². The lowest BCUT2D eigenvalue weighted by Gasteiger charge is -2.32. The summed E-state index contributed by atoms with van der Waals surface area (Å²) in [5.41, 5.74) is 2.00. The number of nitrogens with one attached hydrogen (secondary N) is 2. The number of ether oxygens (including phenoxy) is 1. The van der Waals surface area contributed by atoms with Gasteiger partial charge < -0.3 is 25.2 Å². The van der Waals surface area contributed by atoms with Gasteiger partial charge in [-0.2, -0.15) is 15.1 Å². The molecule has 13 nitrogen and oxygen atoms in total. The van der Waals surface area contributed by atoms with Crippen molar-refractivity contribution in [3.05, 3.63) is 31.4 Å². The molecule has 1 atom stereocenters. The van der Waals surface area contributed by atoms with Gasteiger partial charge in [0.05, 0.1) is 31.6 Å². The third kappa shape index (κ3) is 5.00. The third-order valence-corrected chi connectivity index (χ3v) is 6.34. The summed E-state index contributed by atoms with van der Waals surface area (Å²) in [5.74, 6) is 0.728. The monoisotopic (exact) mass is 494 g/mol. The molecule has 2 aliphatic heterocycles. The molecule has 3 aromatic heterocycles. The summed E-state index contributed by atoms with van der Waals surface area (Å²) in [6, 6.07) is -0.101. The Kier molecular flexibility index (Phi) is 6.80. The molecular weight excluding hydrogens is 464 g/mol. The number of nitrogens with zero attached hydrogens (tertiary/aromatic N) is 8. The molecule has 0 bridgehead atoms. The van der Waals surface area contributed by atoms with Crippen LogP contribution < -0.4 is 15.5 Å². The summed E-state index contributed by atoms with van der Waals surface area (Å²) in [7, 11) is 1.85. The maximum atomic E-state index is 12.8. The molecule has 36 heavy (non-hydrogen) atoms. The van der Waals surface area contributed by atoms with E-state index in [2.05, 4.69) is 32.2 Å². The minimum absolute atomic E-state index is 0.0142. The van der Waals surface area contributed by atoms with Gasteiger partial charge in [-0.1, -0.05) is 6.58 Å². The van der Waals surface area contributed by atoms with Gasteiger partial charge in [0, 0.05) is 45.5 Å². The Morgan fingerprint density at radius 3 is 2.83 bits per heavy atom. The van der Waals surface area contributed by atoms with Gasteiger partial charge >= 0.3 is 0 Å². The first-order valence-corrected chi connectivity index (χ1v) is 12.0. The fourth-order valence-electron chi connectivity index (χ4n) is 4.51. The first-order chi connectivity index (χ1) is 17.5. The van der Waals surface area contributed by atoms with Crippen LogP contribution >= 0.6 is 0 Å². The number of amides is 2. The number of imidazole rings is 1. The van der Waals surface area contributed by atoms with Crippen LogP contribution in [0.3, 0.4) is 0 Å². The lowest BCUT2D eigenvalue weighted by molar-refractivity contribution is -0.128. The summed E-state index contributed by atoms with van der Waals surface area (Å²) < 4.78 is 9.04. The van der Waals surface area contributed by atoms with Gasteiger partial charge in [-0.05, 0) is 18.9 Å². The highest BCUT2D eigenvalue weighted by atomic mass is 16.5. The lowest BCUT2D eigenvalue weighted by Crippen LogP contribution is -2.50. The average molecular weight is 495 g/mol. The number of aromatic nitrogens is 6. The average Bonchev–Trinajstić information content (AvgIpc) is 3.53.